The number of aryl methyl sites for hydroxylation is 2. The number of thiophene rings is 1. The molecule has 1 unspecified atom stereocenters. The average Bonchev–Trinajstić information content (AvgIpc) is 3.00. The summed E-state index contributed by atoms with van der Waals surface area (Å²) in [5.74, 6) is 0. The lowest BCUT2D eigenvalue weighted by Crippen LogP contribution is -2.18. The minimum atomic E-state index is 0.338. The molecule has 0 bridgehead atoms. The van der Waals surface area contributed by atoms with Crippen LogP contribution in [0.25, 0.3) is 0 Å². The highest BCUT2D eigenvalue weighted by atomic mass is 32.1. The molecule has 1 aromatic heterocycles. The second-order valence-electron chi connectivity index (χ2n) is 5.75. The van der Waals surface area contributed by atoms with Gasteiger partial charge in [0.2, 0.25) is 0 Å². The summed E-state index contributed by atoms with van der Waals surface area (Å²) in [5.41, 5.74) is 5.20. The van der Waals surface area contributed by atoms with E-state index >= 15 is 0 Å². The van der Waals surface area contributed by atoms with E-state index in [1.165, 1.54) is 47.3 Å². The molecule has 2 aromatic rings. The van der Waals surface area contributed by atoms with E-state index in [2.05, 4.69) is 36.5 Å². The summed E-state index contributed by atoms with van der Waals surface area (Å²) in [5, 5.41) is 14.3. The molecule has 0 radical (unpaired) electrons. The van der Waals surface area contributed by atoms with Gasteiger partial charge in [-0.1, -0.05) is 18.2 Å². The third-order valence-corrected chi connectivity index (χ3v) is 5.17. The van der Waals surface area contributed by atoms with E-state index in [4.69, 9.17) is 5.26 Å². The molecule has 0 fully saturated rings. The number of nitriles is 1. The fourth-order valence-corrected chi connectivity index (χ4v) is 3.69. The van der Waals surface area contributed by atoms with Gasteiger partial charge in [0.05, 0.1) is 5.56 Å². The molecule has 1 aliphatic rings. The van der Waals surface area contributed by atoms with Crippen LogP contribution in [0.15, 0.2) is 29.6 Å². The molecule has 0 saturated carbocycles. The Morgan fingerprint density at radius 1 is 1.24 bits per heavy atom. The first-order valence-corrected chi connectivity index (χ1v) is 8.47. The van der Waals surface area contributed by atoms with Crippen molar-refractivity contribution in [1.82, 2.24) is 5.32 Å². The van der Waals surface area contributed by atoms with Crippen LogP contribution in [0.5, 0.6) is 0 Å². The number of hydrogen-bond donors (Lipinski definition) is 1. The maximum Gasteiger partial charge on any atom is 0.100 e. The van der Waals surface area contributed by atoms with Gasteiger partial charge in [-0.05, 0) is 55.4 Å². The molecule has 0 saturated heterocycles. The molecule has 1 atom stereocenters. The highest BCUT2D eigenvalue weighted by molar-refractivity contribution is 7.10. The summed E-state index contributed by atoms with van der Waals surface area (Å²) in [6, 6.07) is 11.4. The van der Waals surface area contributed by atoms with Gasteiger partial charge in [-0.25, -0.2) is 0 Å². The van der Waals surface area contributed by atoms with Crippen LogP contribution in [0, 0.1) is 11.3 Å². The third-order valence-electron chi connectivity index (χ3n) is 4.24. The highest BCUT2D eigenvalue weighted by Crippen LogP contribution is 2.25. The molecule has 1 N–H and O–H groups in total. The molecule has 0 aliphatic heterocycles. The molecule has 3 heteroatoms. The van der Waals surface area contributed by atoms with E-state index in [0.717, 1.165) is 12.1 Å². The molecule has 1 aromatic carbocycles. The predicted octanol–water partition coefficient (Wildman–Crippen LogP) is 4.35. The number of rotatable bonds is 4. The smallest absolute Gasteiger partial charge is 0.100 e. The Hall–Kier alpha value is -1.63. The second-order valence-corrected chi connectivity index (χ2v) is 6.75. The Morgan fingerprint density at radius 2 is 2.05 bits per heavy atom. The van der Waals surface area contributed by atoms with Gasteiger partial charge in [0, 0.05) is 22.8 Å². The van der Waals surface area contributed by atoms with Crippen LogP contribution >= 0.6 is 11.3 Å². The van der Waals surface area contributed by atoms with Gasteiger partial charge < -0.3 is 5.32 Å². The van der Waals surface area contributed by atoms with Crippen LogP contribution in [-0.2, 0) is 19.4 Å². The summed E-state index contributed by atoms with van der Waals surface area (Å²) < 4.78 is 0. The average molecular weight is 296 g/mol. The summed E-state index contributed by atoms with van der Waals surface area (Å²) in [6.07, 6.45) is 5.13. The van der Waals surface area contributed by atoms with Crippen LogP contribution in [0.2, 0.25) is 0 Å². The Morgan fingerprint density at radius 3 is 2.81 bits per heavy atom. The monoisotopic (exact) mass is 296 g/mol. The Kier molecular flexibility index (Phi) is 4.38. The van der Waals surface area contributed by atoms with Gasteiger partial charge in [0.25, 0.3) is 0 Å². The van der Waals surface area contributed by atoms with Gasteiger partial charge in [-0.3, -0.25) is 0 Å². The first-order valence-electron chi connectivity index (χ1n) is 7.59. The van der Waals surface area contributed by atoms with Gasteiger partial charge in [-0.2, -0.15) is 5.26 Å². The topological polar surface area (TPSA) is 35.8 Å². The number of nitrogens with zero attached hydrogens (tertiary/aromatic N) is 1. The molecule has 108 valence electrons. The van der Waals surface area contributed by atoms with Crippen molar-refractivity contribution in [2.24, 2.45) is 0 Å². The zero-order valence-electron chi connectivity index (χ0n) is 12.4. The second kappa shape index (κ2) is 6.43. The van der Waals surface area contributed by atoms with E-state index in [1.54, 1.807) is 11.3 Å². The summed E-state index contributed by atoms with van der Waals surface area (Å²) >= 11 is 1.65. The van der Waals surface area contributed by atoms with Crippen molar-refractivity contribution in [2.45, 2.75) is 45.2 Å². The Balaban J connectivity index is 1.65. The van der Waals surface area contributed by atoms with Crippen molar-refractivity contribution < 1.29 is 0 Å². The fraction of sp³-hybridized carbons (Fsp3) is 0.389. The summed E-state index contributed by atoms with van der Waals surface area (Å²) in [7, 11) is 0. The Bertz CT molecular complexity index is 666. The van der Waals surface area contributed by atoms with E-state index in [9.17, 15) is 0 Å². The summed E-state index contributed by atoms with van der Waals surface area (Å²) in [6.45, 7) is 3.04. The van der Waals surface area contributed by atoms with Crippen molar-refractivity contribution in [1.29, 1.82) is 5.26 Å². The molecule has 21 heavy (non-hydrogen) atoms. The molecule has 0 amide bonds. The minimum Gasteiger partial charge on any atom is -0.305 e. The van der Waals surface area contributed by atoms with Crippen LogP contribution < -0.4 is 5.32 Å². The SMILES string of the molecule is CC(NCc1cc(C#N)cs1)c1ccc2c(c1)CCCC2. The van der Waals surface area contributed by atoms with Crippen LogP contribution in [0.4, 0.5) is 0 Å². The van der Waals surface area contributed by atoms with Crippen molar-refractivity contribution in [2.75, 3.05) is 0 Å². The van der Waals surface area contributed by atoms with Gasteiger partial charge in [0.1, 0.15) is 6.07 Å². The van der Waals surface area contributed by atoms with Gasteiger partial charge in [0.15, 0.2) is 0 Å². The first kappa shape index (κ1) is 14.3. The lowest BCUT2D eigenvalue weighted by molar-refractivity contribution is 0.576. The molecule has 1 heterocycles. The van der Waals surface area contributed by atoms with Crippen molar-refractivity contribution >= 4 is 11.3 Å². The first-order chi connectivity index (χ1) is 10.3. The van der Waals surface area contributed by atoms with Crippen LogP contribution in [0.1, 0.15) is 52.9 Å². The molecule has 2 nitrogen and oxygen atoms in total. The number of nitrogens with one attached hydrogen (secondary N) is 1. The fourth-order valence-electron chi connectivity index (χ4n) is 2.93. The normalized spacial score (nSPS) is 15.2. The quantitative estimate of drug-likeness (QED) is 0.910. The van der Waals surface area contributed by atoms with Crippen LogP contribution in [-0.4, -0.2) is 0 Å². The third kappa shape index (κ3) is 3.34. The van der Waals surface area contributed by atoms with Gasteiger partial charge in [-0.15, -0.1) is 11.3 Å². The predicted molar refractivity (Wildman–Crippen MR) is 87.4 cm³/mol. The summed E-state index contributed by atoms with van der Waals surface area (Å²) in [4.78, 5) is 1.22. The molecule has 3 rings (SSSR count). The van der Waals surface area contributed by atoms with E-state index in [0.29, 0.717) is 6.04 Å². The maximum absolute atomic E-state index is 8.86. The van der Waals surface area contributed by atoms with E-state index < -0.39 is 0 Å². The molecular weight excluding hydrogens is 276 g/mol. The van der Waals surface area contributed by atoms with Crippen molar-refractivity contribution in [3.05, 3.63) is 56.8 Å². The van der Waals surface area contributed by atoms with E-state index in [1.807, 2.05) is 11.4 Å². The van der Waals surface area contributed by atoms with Crippen LogP contribution in [0.3, 0.4) is 0 Å². The lowest BCUT2D eigenvalue weighted by atomic mass is 9.89. The van der Waals surface area contributed by atoms with Gasteiger partial charge >= 0.3 is 0 Å². The van der Waals surface area contributed by atoms with Crippen molar-refractivity contribution in [3.8, 4) is 6.07 Å². The number of fused-ring (bicyclic) bond motifs is 1. The molecular formula is C18H20N2S. The zero-order chi connectivity index (χ0) is 14.7. The number of benzene rings is 1. The molecule has 0 spiro atoms. The minimum absolute atomic E-state index is 0.338. The molecule has 1 aliphatic carbocycles. The standard InChI is InChI=1S/C18H20N2S/c1-13(20-11-18-8-14(10-19)12-21-18)16-7-6-15-4-2-3-5-17(15)9-16/h6-9,12-13,20H,2-5,11H2,1H3. The zero-order valence-corrected chi connectivity index (χ0v) is 13.2. The highest BCUT2D eigenvalue weighted by Gasteiger charge is 2.12. The lowest BCUT2D eigenvalue weighted by Gasteiger charge is -2.20. The van der Waals surface area contributed by atoms with E-state index in [-0.39, 0.29) is 0 Å². The maximum atomic E-state index is 8.86. The van der Waals surface area contributed by atoms with Crippen molar-refractivity contribution in [3.63, 3.8) is 0 Å². The number of hydrogen-bond acceptors (Lipinski definition) is 3. The largest absolute Gasteiger partial charge is 0.305 e. The Labute approximate surface area is 130 Å².